The third kappa shape index (κ3) is 4.11. The first-order chi connectivity index (χ1) is 10.0. The average Bonchev–Trinajstić information content (AvgIpc) is 2.47. The van der Waals surface area contributed by atoms with Crippen LogP contribution in [0.3, 0.4) is 0 Å². The third-order valence-corrected chi connectivity index (χ3v) is 5.19. The monoisotopic (exact) mass is 328 g/mol. The van der Waals surface area contributed by atoms with Crippen LogP contribution in [-0.2, 0) is 0 Å². The minimum absolute atomic E-state index is 0.0151. The van der Waals surface area contributed by atoms with Gasteiger partial charge in [-0.05, 0) is 44.1 Å². The number of hydrogen-bond donors (Lipinski definition) is 1. The molecule has 0 heterocycles. The Morgan fingerprint density at radius 1 is 1.38 bits per heavy atom. The Balaban J connectivity index is 1.98. The average molecular weight is 329 g/mol. The third-order valence-electron chi connectivity index (χ3n) is 3.75. The van der Waals surface area contributed by atoms with Crippen molar-refractivity contribution in [3.63, 3.8) is 0 Å². The Morgan fingerprint density at radius 3 is 2.57 bits per heavy atom. The Hall–Kier alpha value is -1.27. The van der Waals surface area contributed by atoms with Gasteiger partial charge < -0.3 is 5.32 Å². The maximum Gasteiger partial charge on any atom is 0.287 e. The molecule has 5 nitrogen and oxygen atoms in total. The zero-order chi connectivity index (χ0) is 15.4. The molecule has 2 rings (SSSR count). The summed E-state index contributed by atoms with van der Waals surface area (Å²) in [6.45, 7) is 0. The van der Waals surface area contributed by atoms with Gasteiger partial charge in [0.1, 0.15) is 5.02 Å². The summed E-state index contributed by atoms with van der Waals surface area (Å²) in [6, 6.07) is 4.23. The summed E-state index contributed by atoms with van der Waals surface area (Å²) in [4.78, 5) is 22.3. The summed E-state index contributed by atoms with van der Waals surface area (Å²) in [6.07, 6.45) is 6.26. The van der Waals surface area contributed by atoms with Crippen LogP contribution in [0.2, 0.25) is 5.02 Å². The number of nitro benzene ring substituents is 1. The van der Waals surface area contributed by atoms with Gasteiger partial charge in [-0.2, -0.15) is 11.8 Å². The Morgan fingerprint density at radius 2 is 2.05 bits per heavy atom. The fraction of sp³-hybridized carbons (Fsp3) is 0.500. The lowest BCUT2D eigenvalue weighted by Gasteiger charge is -2.28. The minimum atomic E-state index is -0.562. The van der Waals surface area contributed by atoms with E-state index >= 15 is 0 Å². The van der Waals surface area contributed by atoms with Gasteiger partial charge in [0, 0.05) is 22.9 Å². The second kappa shape index (κ2) is 7.13. The number of amides is 1. The number of nitrogens with one attached hydrogen (secondary N) is 1. The molecule has 0 aliphatic heterocycles. The van der Waals surface area contributed by atoms with Gasteiger partial charge in [0.15, 0.2) is 0 Å². The van der Waals surface area contributed by atoms with Crippen LogP contribution in [0.15, 0.2) is 18.2 Å². The highest BCUT2D eigenvalue weighted by atomic mass is 35.5. The first kappa shape index (κ1) is 16.1. The predicted octanol–water partition coefficient (Wildman–Crippen LogP) is 3.65. The quantitative estimate of drug-likeness (QED) is 0.676. The molecule has 21 heavy (non-hydrogen) atoms. The lowest BCUT2D eigenvalue weighted by atomic mass is 9.94. The van der Waals surface area contributed by atoms with Crippen LogP contribution < -0.4 is 5.32 Å². The second-order valence-electron chi connectivity index (χ2n) is 5.11. The predicted molar refractivity (Wildman–Crippen MR) is 85.1 cm³/mol. The molecule has 1 aromatic rings. The number of nitro groups is 1. The molecule has 7 heteroatoms. The number of thioether (sulfide) groups is 1. The Labute approximate surface area is 132 Å². The normalized spacial score (nSPS) is 21.8. The molecule has 0 unspecified atom stereocenters. The summed E-state index contributed by atoms with van der Waals surface area (Å²) in [5, 5.41) is 14.3. The lowest BCUT2D eigenvalue weighted by Crippen LogP contribution is -2.38. The zero-order valence-electron chi connectivity index (χ0n) is 11.7. The molecule has 0 aromatic heterocycles. The number of carbonyl (C=O) groups excluding carboxylic acids is 1. The van der Waals surface area contributed by atoms with Crippen molar-refractivity contribution in [2.45, 2.75) is 37.0 Å². The van der Waals surface area contributed by atoms with Crippen molar-refractivity contribution < 1.29 is 9.72 Å². The molecule has 1 fully saturated rings. The van der Waals surface area contributed by atoms with E-state index in [9.17, 15) is 14.9 Å². The number of hydrogen-bond acceptors (Lipinski definition) is 4. The van der Waals surface area contributed by atoms with Crippen molar-refractivity contribution in [3.05, 3.63) is 38.9 Å². The van der Waals surface area contributed by atoms with E-state index in [0.717, 1.165) is 25.7 Å². The van der Waals surface area contributed by atoms with Crippen LogP contribution in [0, 0.1) is 10.1 Å². The van der Waals surface area contributed by atoms with E-state index in [4.69, 9.17) is 11.6 Å². The first-order valence-corrected chi connectivity index (χ1v) is 8.45. The van der Waals surface area contributed by atoms with Gasteiger partial charge in [0.25, 0.3) is 11.6 Å². The minimum Gasteiger partial charge on any atom is -0.349 e. The maximum atomic E-state index is 12.2. The Bertz CT molecular complexity index is 545. The highest BCUT2D eigenvalue weighted by Crippen LogP contribution is 2.28. The van der Waals surface area contributed by atoms with Crippen molar-refractivity contribution in [1.29, 1.82) is 0 Å². The molecule has 1 N–H and O–H groups in total. The van der Waals surface area contributed by atoms with Crippen LogP contribution >= 0.6 is 23.4 Å². The number of nitrogens with zero attached hydrogens (tertiary/aromatic N) is 1. The SMILES string of the molecule is CSC1CCC(NC(=O)c2ccc([N+](=O)[O-])c(Cl)c2)CC1. The standard InChI is InChI=1S/C14H17ClN2O3S/c1-21-11-5-3-10(4-6-11)16-14(18)9-2-7-13(17(19)20)12(15)8-9/h2,7-8,10-11H,3-6H2,1H3,(H,16,18). The van der Waals surface area contributed by atoms with Crippen molar-refractivity contribution in [1.82, 2.24) is 5.32 Å². The van der Waals surface area contributed by atoms with Crippen molar-refractivity contribution >= 4 is 35.0 Å². The van der Waals surface area contributed by atoms with Crippen molar-refractivity contribution in [2.24, 2.45) is 0 Å². The molecule has 1 aliphatic carbocycles. The molecule has 1 saturated carbocycles. The van der Waals surface area contributed by atoms with E-state index in [0.29, 0.717) is 10.8 Å². The highest BCUT2D eigenvalue weighted by Gasteiger charge is 2.23. The van der Waals surface area contributed by atoms with Crippen LogP contribution in [0.4, 0.5) is 5.69 Å². The van der Waals surface area contributed by atoms with Gasteiger partial charge in [-0.25, -0.2) is 0 Å². The van der Waals surface area contributed by atoms with E-state index in [1.54, 1.807) is 0 Å². The number of carbonyl (C=O) groups is 1. The first-order valence-electron chi connectivity index (χ1n) is 6.79. The van der Waals surface area contributed by atoms with E-state index < -0.39 is 4.92 Å². The van der Waals surface area contributed by atoms with Crippen molar-refractivity contribution in [2.75, 3.05) is 6.26 Å². The largest absolute Gasteiger partial charge is 0.349 e. The van der Waals surface area contributed by atoms with Gasteiger partial charge in [0.05, 0.1) is 4.92 Å². The van der Waals surface area contributed by atoms with Crippen LogP contribution in [0.1, 0.15) is 36.0 Å². The number of benzene rings is 1. The van der Waals surface area contributed by atoms with E-state index in [-0.39, 0.29) is 22.7 Å². The summed E-state index contributed by atoms with van der Waals surface area (Å²) >= 11 is 7.70. The summed E-state index contributed by atoms with van der Waals surface area (Å²) in [7, 11) is 0. The van der Waals surface area contributed by atoms with E-state index in [1.807, 2.05) is 11.8 Å². The number of rotatable bonds is 4. The molecule has 0 bridgehead atoms. The Kier molecular flexibility index (Phi) is 5.47. The number of halogens is 1. The van der Waals surface area contributed by atoms with Crippen LogP contribution in [0.5, 0.6) is 0 Å². The van der Waals surface area contributed by atoms with Crippen LogP contribution in [0.25, 0.3) is 0 Å². The van der Waals surface area contributed by atoms with Crippen molar-refractivity contribution in [3.8, 4) is 0 Å². The highest BCUT2D eigenvalue weighted by molar-refractivity contribution is 7.99. The summed E-state index contributed by atoms with van der Waals surface area (Å²) in [5.41, 5.74) is 0.172. The summed E-state index contributed by atoms with van der Waals surface area (Å²) in [5.74, 6) is -0.223. The van der Waals surface area contributed by atoms with E-state index in [1.165, 1.54) is 18.2 Å². The lowest BCUT2D eigenvalue weighted by molar-refractivity contribution is -0.384. The molecule has 1 aromatic carbocycles. The van der Waals surface area contributed by atoms with Gasteiger partial charge in [-0.1, -0.05) is 11.6 Å². The summed E-state index contributed by atoms with van der Waals surface area (Å²) < 4.78 is 0. The van der Waals surface area contributed by atoms with Gasteiger partial charge >= 0.3 is 0 Å². The molecule has 0 radical (unpaired) electrons. The fourth-order valence-corrected chi connectivity index (χ4v) is 3.50. The molecule has 0 spiro atoms. The zero-order valence-corrected chi connectivity index (χ0v) is 13.2. The maximum absolute atomic E-state index is 12.2. The molecule has 1 aliphatic rings. The van der Waals surface area contributed by atoms with Gasteiger partial charge in [-0.3, -0.25) is 14.9 Å². The molecule has 114 valence electrons. The fourth-order valence-electron chi connectivity index (χ4n) is 2.51. The molecule has 0 saturated heterocycles. The molecular formula is C14H17ClN2O3S. The van der Waals surface area contributed by atoms with Crippen LogP contribution in [-0.4, -0.2) is 28.4 Å². The topological polar surface area (TPSA) is 72.2 Å². The molecule has 0 atom stereocenters. The van der Waals surface area contributed by atoms with Gasteiger partial charge in [-0.15, -0.1) is 0 Å². The molecular weight excluding hydrogens is 312 g/mol. The molecule has 1 amide bonds. The van der Waals surface area contributed by atoms with E-state index in [2.05, 4.69) is 11.6 Å². The second-order valence-corrected chi connectivity index (χ2v) is 6.65. The smallest absolute Gasteiger partial charge is 0.287 e. The van der Waals surface area contributed by atoms with Gasteiger partial charge in [0.2, 0.25) is 0 Å².